The Balaban J connectivity index is 2.05. The molecule has 69 heavy (non-hydrogen) atoms. The molecule has 2 atom stereocenters. The number of aliphatic hydroxyl groups is 2. The minimum absolute atomic E-state index is 0.0477. The van der Waals surface area contributed by atoms with Gasteiger partial charge in [-0.15, -0.1) is 0 Å². The predicted octanol–water partition coefficient (Wildman–Crippen LogP) is 18.5. The maximum absolute atomic E-state index is 15.1. The van der Waals surface area contributed by atoms with Gasteiger partial charge in [0, 0.05) is 0 Å². The number of aliphatic hydroxyl groups excluding tert-OH is 1. The van der Waals surface area contributed by atoms with E-state index in [4.69, 9.17) is 4.74 Å². The van der Waals surface area contributed by atoms with Crippen LogP contribution in [0.2, 0.25) is 0 Å². The molecule has 3 heteroatoms. The summed E-state index contributed by atoms with van der Waals surface area (Å²) in [6.07, 6.45) is 38.3. The standard InChI is InChI=1S/C66H102O3/c1-6-10-14-18-22-26-30-42-57-46-34-38-50-61(57)65(68,55-69-56(5)54-67)66(62-51-39-35-47-58(62)43-31-27-23-19-15-11-7-2,63-52-40-36-48-59(63)44-32-28-24-20-16-12-8-3)64-53-41-37-49-60(64)45-33-29-25-21-17-13-9-4/h34-41,46-53,56,67-68H,6-33,42-45,54-55H2,1-5H3. The van der Waals surface area contributed by atoms with Gasteiger partial charge < -0.3 is 14.9 Å². The Morgan fingerprint density at radius 2 is 0.609 bits per heavy atom. The molecule has 0 amide bonds. The van der Waals surface area contributed by atoms with E-state index in [2.05, 4.69) is 125 Å². The van der Waals surface area contributed by atoms with Crippen LogP contribution in [0.25, 0.3) is 0 Å². The number of rotatable bonds is 41. The molecule has 4 rings (SSSR count). The fourth-order valence-corrected chi connectivity index (χ4v) is 11.4. The topological polar surface area (TPSA) is 49.7 Å². The lowest BCUT2D eigenvalue weighted by molar-refractivity contribution is -0.110. The first-order chi connectivity index (χ1) is 33.9. The van der Waals surface area contributed by atoms with Crippen LogP contribution in [0.1, 0.15) is 259 Å². The van der Waals surface area contributed by atoms with Crippen LogP contribution in [-0.2, 0) is 41.4 Å². The van der Waals surface area contributed by atoms with Crippen molar-refractivity contribution in [2.24, 2.45) is 0 Å². The van der Waals surface area contributed by atoms with Gasteiger partial charge in [-0.2, -0.15) is 0 Å². The summed E-state index contributed by atoms with van der Waals surface area (Å²) in [5.41, 5.74) is 7.11. The normalized spacial score (nSPS) is 13.2. The highest BCUT2D eigenvalue weighted by Gasteiger charge is 2.58. The molecule has 0 aliphatic carbocycles. The molecular weight excluding hydrogens is 841 g/mol. The molecule has 4 aromatic carbocycles. The van der Waals surface area contributed by atoms with E-state index in [1.807, 2.05) is 6.92 Å². The van der Waals surface area contributed by atoms with Crippen molar-refractivity contribution in [2.45, 2.75) is 257 Å². The Bertz CT molecular complexity index is 1750. The van der Waals surface area contributed by atoms with Crippen LogP contribution in [-0.4, -0.2) is 29.5 Å². The third kappa shape index (κ3) is 18.4. The molecule has 0 aliphatic rings. The highest BCUT2D eigenvalue weighted by atomic mass is 16.5. The van der Waals surface area contributed by atoms with E-state index in [1.54, 1.807) is 0 Å². The summed E-state index contributed by atoms with van der Waals surface area (Å²) >= 11 is 0. The monoisotopic (exact) mass is 943 g/mol. The largest absolute Gasteiger partial charge is 0.394 e. The van der Waals surface area contributed by atoms with Gasteiger partial charge in [0.15, 0.2) is 0 Å². The zero-order valence-corrected chi connectivity index (χ0v) is 45.2. The highest BCUT2D eigenvalue weighted by molar-refractivity contribution is 5.63. The zero-order chi connectivity index (χ0) is 49.3. The SMILES string of the molecule is CCCCCCCCCc1ccccc1C(O)(COC(C)CO)C(c1ccccc1CCCCCCCCC)(c1ccccc1CCCCCCCCC)c1ccccc1CCCCCCCCC. The average Bonchev–Trinajstić information content (AvgIpc) is 3.38. The molecule has 4 aromatic rings. The first-order valence-corrected chi connectivity index (χ1v) is 29.2. The Labute approximate surface area is 425 Å². The summed E-state index contributed by atoms with van der Waals surface area (Å²) in [6.45, 7) is 11.1. The average molecular weight is 944 g/mol. The van der Waals surface area contributed by atoms with Crippen LogP contribution >= 0.6 is 0 Å². The minimum atomic E-state index is -1.56. The zero-order valence-electron chi connectivity index (χ0n) is 45.2. The van der Waals surface area contributed by atoms with E-state index in [-0.39, 0.29) is 13.2 Å². The number of hydrogen-bond donors (Lipinski definition) is 2. The molecule has 2 unspecified atom stereocenters. The van der Waals surface area contributed by atoms with Gasteiger partial charge in [0.05, 0.1) is 24.7 Å². The fraction of sp³-hybridized carbons (Fsp3) is 0.636. The lowest BCUT2D eigenvalue weighted by Gasteiger charge is -2.52. The van der Waals surface area contributed by atoms with Gasteiger partial charge in [-0.1, -0.05) is 279 Å². The second-order valence-electron chi connectivity index (χ2n) is 21.0. The van der Waals surface area contributed by atoms with Crippen LogP contribution in [0, 0.1) is 0 Å². The van der Waals surface area contributed by atoms with Crippen molar-refractivity contribution in [3.05, 3.63) is 142 Å². The molecule has 0 bridgehead atoms. The molecule has 0 radical (unpaired) electrons. The fourth-order valence-electron chi connectivity index (χ4n) is 11.4. The smallest absolute Gasteiger partial charge is 0.131 e. The highest BCUT2D eigenvalue weighted by Crippen LogP contribution is 2.56. The minimum Gasteiger partial charge on any atom is -0.394 e. The number of hydrogen-bond acceptors (Lipinski definition) is 3. The van der Waals surface area contributed by atoms with Crippen molar-refractivity contribution >= 4 is 0 Å². The Kier molecular flexibility index (Phi) is 29.6. The number of unbranched alkanes of at least 4 members (excludes halogenated alkanes) is 24. The molecule has 0 aliphatic heterocycles. The Hall–Kier alpha value is -3.24. The van der Waals surface area contributed by atoms with Crippen LogP contribution in [0.3, 0.4) is 0 Å². The maximum atomic E-state index is 15.1. The number of aryl methyl sites for hydroxylation is 4. The van der Waals surface area contributed by atoms with Gasteiger partial charge in [0.1, 0.15) is 5.60 Å². The molecule has 0 saturated carbocycles. The summed E-state index contributed by atoms with van der Waals surface area (Å²) in [7, 11) is 0. The van der Waals surface area contributed by atoms with Crippen LogP contribution in [0.15, 0.2) is 97.1 Å². The molecule has 0 heterocycles. The van der Waals surface area contributed by atoms with Crippen molar-refractivity contribution in [2.75, 3.05) is 13.2 Å². The van der Waals surface area contributed by atoms with E-state index >= 15 is 5.11 Å². The molecule has 3 nitrogen and oxygen atoms in total. The summed E-state index contributed by atoms with van der Waals surface area (Å²) in [5.74, 6) is 0. The Morgan fingerprint density at radius 1 is 0.362 bits per heavy atom. The quantitative estimate of drug-likeness (QED) is 0.0344. The summed E-state index contributed by atoms with van der Waals surface area (Å²) < 4.78 is 6.87. The molecule has 0 aromatic heterocycles. The van der Waals surface area contributed by atoms with E-state index < -0.39 is 17.1 Å². The molecule has 0 spiro atoms. The third-order valence-electron chi connectivity index (χ3n) is 15.4. The van der Waals surface area contributed by atoms with Crippen molar-refractivity contribution in [1.82, 2.24) is 0 Å². The molecule has 0 fully saturated rings. The lowest BCUT2D eigenvalue weighted by Crippen LogP contribution is -2.56. The maximum Gasteiger partial charge on any atom is 0.131 e. The van der Waals surface area contributed by atoms with Gasteiger partial charge in [0.25, 0.3) is 0 Å². The first kappa shape index (κ1) is 58.3. The summed E-state index contributed by atoms with van der Waals surface area (Å²) in [5, 5.41) is 25.7. The van der Waals surface area contributed by atoms with Crippen molar-refractivity contribution in [1.29, 1.82) is 0 Å². The van der Waals surface area contributed by atoms with E-state index in [0.717, 1.165) is 56.9 Å². The van der Waals surface area contributed by atoms with Crippen LogP contribution in [0.4, 0.5) is 0 Å². The van der Waals surface area contributed by atoms with E-state index in [1.165, 1.54) is 193 Å². The van der Waals surface area contributed by atoms with Gasteiger partial charge in [-0.25, -0.2) is 0 Å². The second-order valence-corrected chi connectivity index (χ2v) is 21.0. The Morgan fingerprint density at radius 3 is 0.899 bits per heavy atom. The summed E-state index contributed by atoms with van der Waals surface area (Å²) in [6, 6.07) is 36.5. The number of benzene rings is 4. The van der Waals surface area contributed by atoms with E-state index in [9.17, 15) is 5.11 Å². The predicted molar refractivity (Wildman–Crippen MR) is 299 cm³/mol. The van der Waals surface area contributed by atoms with Crippen molar-refractivity contribution in [3.8, 4) is 0 Å². The van der Waals surface area contributed by atoms with E-state index in [0.29, 0.717) is 0 Å². The van der Waals surface area contributed by atoms with Crippen LogP contribution < -0.4 is 0 Å². The van der Waals surface area contributed by atoms with Gasteiger partial charge in [-0.05, 0) is 103 Å². The summed E-state index contributed by atoms with van der Waals surface area (Å²) in [4.78, 5) is 0. The van der Waals surface area contributed by atoms with Gasteiger partial charge in [-0.3, -0.25) is 0 Å². The molecular formula is C66H102O3. The van der Waals surface area contributed by atoms with Crippen molar-refractivity contribution < 1.29 is 14.9 Å². The molecule has 2 N–H and O–H groups in total. The number of ether oxygens (including phenoxy) is 1. The third-order valence-corrected chi connectivity index (χ3v) is 15.4. The molecule has 384 valence electrons. The lowest BCUT2D eigenvalue weighted by atomic mass is 9.54. The molecule has 0 saturated heterocycles. The van der Waals surface area contributed by atoms with Crippen LogP contribution in [0.5, 0.6) is 0 Å². The second kappa shape index (κ2) is 35.0. The van der Waals surface area contributed by atoms with Gasteiger partial charge in [0.2, 0.25) is 0 Å². The first-order valence-electron chi connectivity index (χ1n) is 29.2. The van der Waals surface area contributed by atoms with Crippen molar-refractivity contribution in [3.63, 3.8) is 0 Å². The van der Waals surface area contributed by atoms with Gasteiger partial charge >= 0.3 is 0 Å².